The van der Waals surface area contributed by atoms with Gasteiger partial charge >= 0.3 is 6.09 Å². The molecule has 0 spiro atoms. The summed E-state index contributed by atoms with van der Waals surface area (Å²) in [6.45, 7) is 6.79. The molecule has 3 aromatic rings. The Kier molecular flexibility index (Phi) is 4.76. The maximum Gasteiger partial charge on any atom is 0.410 e. The fourth-order valence-corrected chi connectivity index (χ4v) is 2.95. The molecule has 1 atom stereocenters. The van der Waals surface area contributed by atoms with Crippen LogP contribution < -0.4 is 0 Å². The molecule has 0 radical (unpaired) electrons. The number of nitrogens with zero attached hydrogens (tertiary/aromatic N) is 4. The highest BCUT2D eigenvalue weighted by atomic mass is 16.6. The summed E-state index contributed by atoms with van der Waals surface area (Å²) in [6.07, 6.45) is 3.69. The van der Waals surface area contributed by atoms with E-state index in [1.54, 1.807) is 23.4 Å². The number of carbonyl (C=O) groups is 1. The van der Waals surface area contributed by atoms with Gasteiger partial charge in [-0.2, -0.15) is 4.98 Å². The molecule has 9 nitrogen and oxygen atoms in total. The normalized spacial score (nSPS) is 17.4. The first-order valence-electron chi connectivity index (χ1n) is 9.13. The van der Waals surface area contributed by atoms with E-state index in [1.807, 2.05) is 26.8 Å². The molecule has 3 aromatic heterocycles. The maximum atomic E-state index is 12.1. The number of pyridine rings is 1. The minimum atomic E-state index is -0.511. The van der Waals surface area contributed by atoms with Crippen molar-refractivity contribution < 1.29 is 23.2 Å². The lowest BCUT2D eigenvalue weighted by Gasteiger charge is -2.24. The van der Waals surface area contributed by atoms with Crippen LogP contribution in [0, 0.1) is 0 Å². The van der Waals surface area contributed by atoms with Crippen LogP contribution in [0.5, 0.6) is 0 Å². The topological polar surface area (TPSA) is 104 Å². The molecule has 0 aliphatic carbocycles. The molecule has 28 heavy (non-hydrogen) atoms. The van der Waals surface area contributed by atoms with Crippen molar-refractivity contribution >= 4 is 17.1 Å². The van der Waals surface area contributed by atoms with E-state index in [9.17, 15) is 4.79 Å². The standard InChI is InChI=1S/C19H22N4O5/c1-19(2,3)27-18(24)23-7-5-13(10-23)25-11-16-21-17(22-28-16)15-8-12-9-20-6-4-14(12)26-15/h4,6,8-9,13H,5,7,10-11H2,1-3H3/t13-/m0/s1. The lowest BCUT2D eigenvalue weighted by molar-refractivity contribution is 0.0140. The zero-order valence-electron chi connectivity index (χ0n) is 16.0. The molecule has 4 heterocycles. The second-order valence-corrected chi connectivity index (χ2v) is 7.68. The molecule has 148 valence electrons. The van der Waals surface area contributed by atoms with Gasteiger partial charge in [-0.3, -0.25) is 4.98 Å². The van der Waals surface area contributed by atoms with Crippen molar-refractivity contribution in [3.05, 3.63) is 30.4 Å². The fraction of sp³-hybridized carbons (Fsp3) is 0.474. The quantitative estimate of drug-likeness (QED) is 0.672. The number of ether oxygens (including phenoxy) is 2. The van der Waals surface area contributed by atoms with E-state index in [0.29, 0.717) is 36.1 Å². The number of carbonyl (C=O) groups excluding carboxylic acids is 1. The third-order valence-corrected chi connectivity index (χ3v) is 4.24. The first-order valence-corrected chi connectivity index (χ1v) is 9.13. The number of aromatic nitrogens is 3. The third-order valence-electron chi connectivity index (χ3n) is 4.24. The van der Waals surface area contributed by atoms with Gasteiger partial charge in [0.2, 0.25) is 5.82 Å². The van der Waals surface area contributed by atoms with Crippen LogP contribution in [0.3, 0.4) is 0 Å². The summed E-state index contributed by atoms with van der Waals surface area (Å²) in [5.41, 5.74) is 0.198. The Labute approximate surface area is 161 Å². The van der Waals surface area contributed by atoms with Crippen molar-refractivity contribution in [3.8, 4) is 11.6 Å². The minimum absolute atomic E-state index is 0.0971. The van der Waals surface area contributed by atoms with Crippen molar-refractivity contribution in [1.82, 2.24) is 20.0 Å². The molecular formula is C19H22N4O5. The highest BCUT2D eigenvalue weighted by Crippen LogP contribution is 2.25. The number of furan rings is 1. The lowest BCUT2D eigenvalue weighted by Crippen LogP contribution is -2.36. The largest absolute Gasteiger partial charge is 0.452 e. The Morgan fingerprint density at radius 2 is 2.25 bits per heavy atom. The summed E-state index contributed by atoms with van der Waals surface area (Å²) in [6, 6.07) is 3.59. The summed E-state index contributed by atoms with van der Waals surface area (Å²) in [5.74, 6) is 1.22. The molecule has 0 unspecified atom stereocenters. The molecule has 0 saturated carbocycles. The van der Waals surface area contributed by atoms with Crippen LogP contribution in [0.2, 0.25) is 0 Å². The van der Waals surface area contributed by atoms with Crippen LogP contribution in [0.25, 0.3) is 22.6 Å². The van der Waals surface area contributed by atoms with Crippen LogP contribution in [-0.2, 0) is 16.1 Å². The molecule has 1 amide bonds. The summed E-state index contributed by atoms with van der Waals surface area (Å²) >= 11 is 0. The maximum absolute atomic E-state index is 12.1. The Morgan fingerprint density at radius 3 is 3.04 bits per heavy atom. The van der Waals surface area contributed by atoms with Crippen LogP contribution in [0.4, 0.5) is 4.79 Å². The van der Waals surface area contributed by atoms with Crippen LogP contribution >= 0.6 is 0 Å². The van der Waals surface area contributed by atoms with E-state index in [1.165, 1.54) is 0 Å². The number of amides is 1. The second-order valence-electron chi connectivity index (χ2n) is 7.68. The smallest absolute Gasteiger partial charge is 0.410 e. The Morgan fingerprint density at radius 1 is 1.39 bits per heavy atom. The molecule has 4 rings (SSSR count). The fourth-order valence-electron chi connectivity index (χ4n) is 2.95. The summed E-state index contributed by atoms with van der Waals surface area (Å²) in [5, 5.41) is 4.81. The van der Waals surface area contributed by atoms with Crippen LogP contribution in [0.15, 0.2) is 33.5 Å². The van der Waals surface area contributed by atoms with Gasteiger partial charge in [-0.25, -0.2) is 4.79 Å². The zero-order valence-corrected chi connectivity index (χ0v) is 16.0. The first kappa shape index (κ1) is 18.4. The van der Waals surface area contributed by atoms with E-state index in [2.05, 4.69) is 15.1 Å². The molecule has 0 bridgehead atoms. The van der Waals surface area contributed by atoms with Crippen molar-refractivity contribution in [2.75, 3.05) is 13.1 Å². The van der Waals surface area contributed by atoms with Gasteiger partial charge < -0.3 is 23.3 Å². The summed E-state index contributed by atoms with van der Waals surface area (Å²) in [4.78, 5) is 22.1. The van der Waals surface area contributed by atoms with Gasteiger partial charge in [-0.05, 0) is 39.3 Å². The van der Waals surface area contributed by atoms with Gasteiger partial charge in [0.1, 0.15) is 17.8 Å². The Balaban J connectivity index is 1.32. The van der Waals surface area contributed by atoms with E-state index in [-0.39, 0.29) is 18.8 Å². The monoisotopic (exact) mass is 386 g/mol. The predicted octanol–water partition coefficient (Wildman–Crippen LogP) is 3.40. The Bertz CT molecular complexity index is 941. The number of likely N-dealkylation sites (tertiary alicyclic amines) is 1. The summed E-state index contributed by atoms with van der Waals surface area (Å²) < 4.78 is 22.2. The van der Waals surface area contributed by atoms with Gasteiger partial charge in [0.05, 0.1) is 12.6 Å². The van der Waals surface area contributed by atoms with Gasteiger partial charge in [0.25, 0.3) is 5.89 Å². The van der Waals surface area contributed by atoms with Crippen molar-refractivity contribution in [1.29, 1.82) is 0 Å². The highest BCUT2D eigenvalue weighted by molar-refractivity contribution is 5.80. The number of rotatable bonds is 4. The average Bonchev–Trinajstić information content (AvgIpc) is 3.36. The third kappa shape index (κ3) is 4.14. The predicted molar refractivity (Wildman–Crippen MR) is 98.3 cm³/mol. The van der Waals surface area contributed by atoms with Gasteiger partial charge in [0, 0.05) is 24.3 Å². The zero-order chi connectivity index (χ0) is 19.7. The molecule has 1 aliphatic heterocycles. The van der Waals surface area contributed by atoms with Crippen LogP contribution in [-0.4, -0.2) is 50.9 Å². The van der Waals surface area contributed by atoms with Crippen LogP contribution in [0.1, 0.15) is 33.1 Å². The SMILES string of the molecule is CC(C)(C)OC(=O)N1CC[C@H](OCc2nc(-c3cc4cnccc4o3)no2)C1. The van der Waals surface area contributed by atoms with Crippen molar-refractivity contribution in [2.24, 2.45) is 0 Å². The van der Waals surface area contributed by atoms with Gasteiger partial charge in [-0.1, -0.05) is 5.16 Å². The average molecular weight is 386 g/mol. The molecular weight excluding hydrogens is 364 g/mol. The molecule has 1 aliphatic rings. The van der Waals surface area contributed by atoms with Gasteiger partial charge in [0.15, 0.2) is 5.76 Å². The highest BCUT2D eigenvalue weighted by Gasteiger charge is 2.30. The van der Waals surface area contributed by atoms with E-state index >= 15 is 0 Å². The molecule has 1 fully saturated rings. The lowest BCUT2D eigenvalue weighted by atomic mass is 10.2. The van der Waals surface area contributed by atoms with Crippen molar-refractivity contribution in [3.63, 3.8) is 0 Å². The second kappa shape index (κ2) is 7.23. The number of fused-ring (bicyclic) bond motifs is 1. The molecule has 1 saturated heterocycles. The first-order chi connectivity index (χ1) is 13.4. The summed E-state index contributed by atoms with van der Waals surface area (Å²) in [7, 11) is 0. The van der Waals surface area contributed by atoms with Gasteiger partial charge in [-0.15, -0.1) is 0 Å². The molecule has 9 heteroatoms. The number of hydrogen-bond donors (Lipinski definition) is 0. The number of hydrogen-bond acceptors (Lipinski definition) is 8. The van der Waals surface area contributed by atoms with E-state index in [0.717, 1.165) is 11.8 Å². The van der Waals surface area contributed by atoms with E-state index in [4.69, 9.17) is 18.4 Å². The van der Waals surface area contributed by atoms with Crippen molar-refractivity contribution in [2.45, 2.75) is 45.5 Å². The molecule has 0 aromatic carbocycles. The minimum Gasteiger partial charge on any atom is -0.452 e. The molecule has 0 N–H and O–H groups in total. The van der Waals surface area contributed by atoms with E-state index < -0.39 is 5.60 Å². The Hall–Kier alpha value is -2.94.